The van der Waals surface area contributed by atoms with Crippen LogP contribution in [0.15, 0.2) is 12.2 Å². The Balaban J connectivity index is 4.60. The van der Waals surface area contributed by atoms with Crippen LogP contribution in [0, 0.1) is 0 Å². The van der Waals surface area contributed by atoms with Gasteiger partial charge >= 0.3 is 11.9 Å². The molecular formula is C46H90NO9P. The van der Waals surface area contributed by atoms with Crippen molar-refractivity contribution in [3.8, 4) is 0 Å². The molecule has 2 N–H and O–H groups in total. The lowest BCUT2D eigenvalue weighted by Gasteiger charge is -2.42. The molecule has 0 aromatic heterocycles. The summed E-state index contributed by atoms with van der Waals surface area (Å²) in [5.74, 6) is -1.87. The minimum absolute atomic E-state index is 0.00376. The van der Waals surface area contributed by atoms with Crippen LogP contribution in [-0.4, -0.2) is 78.7 Å². The number of aliphatic hydroxyl groups excluding tert-OH is 1. The third kappa shape index (κ3) is 35.2. The summed E-state index contributed by atoms with van der Waals surface area (Å²) in [7, 11) is -1.14. The highest BCUT2D eigenvalue weighted by molar-refractivity contribution is 7.51. The van der Waals surface area contributed by atoms with Crippen molar-refractivity contribution >= 4 is 19.5 Å². The number of aliphatic hydroxyl groups is 2. The van der Waals surface area contributed by atoms with E-state index < -0.39 is 44.3 Å². The third-order valence-electron chi connectivity index (χ3n) is 11.2. The van der Waals surface area contributed by atoms with Crippen LogP contribution in [0.5, 0.6) is 0 Å². The first-order valence-electron chi connectivity index (χ1n) is 23.5. The maximum absolute atomic E-state index is 13.2. The molecule has 0 aliphatic rings. The predicted molar refractivity (Wildman–Crippen MR) is 233 cm³/mol. The van der Waals surface area contributed by atoms with Gasteiger partial charge in [0.2, 0.25) is 0 Å². The Morgan fingerprint density at radius 3 is 1.42 bits per heavy atom. The largest absolute Gasteiger partial charge is 0.774 e. The molecule has 57 heavy (non-hydrogen) atoms. The van der Waals surface area contributed by atoms with Gasteiger partial charge in [-0.3, -0.25) is 9.59 Å². The molecule has 338 valence electrons. The maximum Gasteiger partial charge on any atom is 0.306 e. The van der Waals surface area contributed by atoms with Gasteiger partial charge in [-0.15, -0.1) is 0 Å². The van der Waals surface area contributed by atoms with Gasteiger partial charge in [-0.1, -0.05) is 167 Å². The minimum atomic E-state index is -4.49. The summed E-state index contributed by atoms with van der Waals surface area (Å²) in [6.45, 7) is 5.46. The van der Waals surface area contributed by atoms with Crippen LogP contribution in [0.4, 0.5) is 0 Å². The van der Waals surface area contributed by atoms with Gasteiger partial charge in [0.25, 0.3) is 0 Å². The summed E-state index contributed by atoms with van der Waals surface area (Å²) in [6, 6.07) is 0. The zero-order valence-electron chi connectivity index (χ0n) is 37.6. The number of hydrogen-bond acceptors (Lipinski definition) is 9. The van der Waals surface area contributed by atoms with Crippen LogP contribution < -0.4 is 4.89 Å². The Morgan fingerprint density at radius 2 is 1.00 bits per heavy atom. The van der Waals surface area contributed by atoms with Crippen LogP contribution >= 0.6 is 7.60 Å². The Morgan fingerprint density at radius 1 is 0.614 bits per heavy atom. The zero-order valence-corrected chi connectivity index (χ0v) is 38.5. The van der Waals surface area contributed by atoms with Crippen molar-refractivity contribution in [1.29, 1.82) is 0 Å². The quantitative estimate of drug-likeness (QED) is 0.0153. The van der Waals surface area contributed by atoms with Crippen LogP contribution in [0.3, 0.4) is 0 Å². The lowest BCUT2D eigenvalue weighted by molar-refractivity contribution is -0.902. The summed E-state index contributed by atoms with van der Waals surface area (Å²) in [6.07, 6.45) is 36.0. The molecular weight excluding hydrogens is 741 g/mol. The normalized spacial score (nSPS) is 14.3. The second kappa shape index (κ2) is 37.7. The number of nitrogens with zero attached hydrogens (tertiary/aromatic N) is 1. The topological polar surface area (TPSA) is 142 Å². The van der Waals surface area contributed by atoms with Crippen molar-refractivity contribution in [2.75, 3.05) is 33.9 Å². The van der Waals surface area contributed by atoms with E-state index in [0.29, 0.717) is 12.8 Å². The SMILES string of the molecule is CCCCCCC/C=C\CCCCCCCCC(=O)OC[C@H](COP(=O)([O-])C(C)[N+](C)(C)CCC(O)O)OC(=O)CCCCCCCCCCCCCCCCC. The van der Waals surface area contributed by atoms with Gasteiger partial charge in [0, 0.05) is 19.3 Å². The minimum Gasteiger partial charge on any atom is -0.774 e. The second-order valence-electron chi connectivity index (χ2n) is 17.1. The average molecular weight is 832 g/mol. The molecule has 0 fully saturated rings. The fourth-order valence-electron chi connectivity index (χ4n) is 6.91. The number of hydrogen-bond donors (Lipinski definition) is 2. The molecule has 0 aromatic rings. The van der Waals surface area contributed by atoms with Gasteiger partial charge in [0.05, 0.1) is 27.2 Å². The van der Waals surface area contributed by atoms with Crippen molar-refractivity contribution in [2.24, 2.45) is 0 Å². The molecule has 0 heterocycles. The Hall–Kier alpha value is -1.29. The van der Waals surface area contributed by atoms with Crippen LogP contribution in [-0.2, 0) is 28.2 Å². The van der Waals surface area contributed by atoms with Gasteiger partial charge < -0.3 is 38.2 Å². The van der Waals surface area contributed by atoms with Gasteiger partial charge in [0.15, 0.2) is 20.0 Å². The van der Waals surface area contributed by atoms with E-state index in [1.54, 1.807) is 14.1 Å². The molecule has 0 spiro atoms. The van der Waals surface area contributed by atoms with Gasteiger partial charge in [-0.2, -0.15) is 0 Å². The molecule has 3 atom stereocenters. The number of esters is 2. The Labute approximate surface area is 350 Å². The molecule has 10 nitrogen and oxygen atoms in total. The second-order valence-corrected chi connectivity index (χ2v) is 19.2. The van der Waals surface area contributed by atoms with E-state index >= 15 is 0 Å². The number of carbonyl (C=O) groups excluding carboxylic acids is 2. The maximum atomic E-state index is 13.2. The number of unbranched alkanes of at least 4 members (excludes halogenated alkanes) is 25. The molecule has 2 unspecified atom stereocenters. The molecule has 0 aromatic carbocycles. The lowest BCUT2D eigenvalue weighted by atomic mass is 10.0. The fourth-order valence-corrected chi connectivity index (χ4v) is 8.38. The highest BCUT2D eigenvalue weighted by atomic mass is 31.2. The fraction of sp³-hybridized carbons (Fsp3) is 0.913. The average Bonchev–Trinajstić information content (AvgIpc) is 3.17. The summed E-state index contributed by atoms with van der Waals surface area (Å²) in [5.41, 5.74) is 0. The molecule has 0 amide bonds. The van der Waals surface area contributed by atoms with E-state index in [-0.39, 0.29) is 36.9 Å². The number of ether oxygens (including phenoxy) is 2. The first kappa shape index (κ1) is 55.7. The number of allylic oxidation sites excluding steroid dienone is 2. The highest BCUT2D eigenvalue weighted by Crippen LogP contribution is 2.46. The number of rotatable bonds is 42. The molecule has 0 aliphatic carbocycles. The molecule has 11 heteroatoms. The van der Waals surface area contributed by atoms with Crippen LogP contribution in [0.25, 0.3) is 0 Å². The van der Waals surface area contributed by atoms with Crippen molar-refractivity contribution in [3.05, 3.63) is 12.2 Å². The first-order chi connectivity index (χ1) is 27.4. The van der Waals surface area contributed by atoms with E-state index in [1.807, 2.05) is 0 Å². The molecule has 0 rings (SSSR count). The van der Waals surface area contributed by atoms with E-state index in [9.17, 15) is 29.3 Å². The van der Waals surface area contributed by atoms with Crippen molar-refractivity contribution < 1.29 is 47.7 Å². The number of carbonyl (C=O) groups is 2. The van der Waals surface area contributed by atoms with Crippen LogP contribution in [0.2, 0.25) is 0 Å². The molecule has 0 bridgehead atoms. The van der Waals surface area contributed by atoms with Gasteiger partial charge in [-0.25, -0.2) is 0 Å². The summed E-state index contributed by atoms with van der Waals surface area (Å²) in [5, 5.41) is 18.6. The molecule has 0 saturated carbocycles. The van der Waals surface area contributed by atoms with Crippen LogP contribution in [0.1, 0.15) is 220 Å². The van der Waals surface area contributed by atoms with Crippen molar-refractivity contribution in [2.45, 2.75) is 238 Å². The Bertz CT molecular complexity index is 1020. The Kier molecular flexibility index (Phi) is 36.8. The van der Waals surface area contributed by atoms with Gasteiger partial charge in [-0.05, 0) is 45.4 Å². The molecule has 0 radical (unpaired) electrons. The number of quaternary nitrogens is 1. The third-order valence-corrected chi connectivity index (χ3v) is 13.3. The molecule has 0 aliphatic heterocycles. The highest BCUT2D eigenvalue weighted by Gasteiger charge is 2.35. The zero-order chi connectivity index (χ0) is 42.5. The predicted octanol–water partition coefficient (Wildman–Crippen LogP) is 11.4. The van der Waals surface area contributed by atoms with E-state index in [2.05, 4.69) is 26.0 Å². The van der Waals surface area contributed by atoms with Gasteiger partial charge in [0.1, 0.15) is 12.4 Å². The lowest BCUT2D eigenvalue weighted by Crippen LogP contribution is -2.50. The van der Waals surface area contributed by atoms with Crippen molar-refractivity contribution in [3.63, 3.8) is 0 Å². The summed E-state index contributed by atoms with van der Waals surface area (Å²) in [4.78, 5) is 38.6. The summed E-state index contributed by atoms with van der Waals surface area (Å²) < 4.78 is 29.6. The van der Waals surface area contributed by atoms with E-state index in [4.69, 9.17) is 14.0 Å². The standard InChI is InChI=1S/C46H90NO9P/c1-6-8-10-12-14-16-18-20-22-24-26-28-30-32-34-36-45(50)54-40-43(41-55-57(52,53)42(3)47(4,5)39-38-44(48)49)56-46(51)37-35-33-31-29-27-25-23-21-19-17-15-13-11-9-7-2/h18,20,42-44,48-49H,6-17,19,21-41H2,1-5H3/b20-18-/t42?,43-/m1/s1. The monoisotopic (exact) mass is 832 g/mol. The smallest absolute Gasteiger partial charge is 0.306 e. The first-order valence-corrected chi connectivity index (χ1v) is 25.1. The van der Waals surface area contributed by atoms with Crippen molar-refractivity contribution in [1.82, 2.24) is 0 Å². The van der Waals surface area contributed by atoms with E-state index in [0.717, 1.165) is 44.9 Å². The van der Waals surface area contributed by atoms with E-state index in [1.165, 1.54) is 129 Å². The summed E-state index contributed by atoms with van der Waals surface area (Å²) >= 11 is 0. The molecule has 0 saturated heterocycles.